The molecule has 0 aromatic heterocycles. The average Bonchev–Trinajstić information content (AvgIpc) is 3.71. The van der Waals surface area contributed by atoms with Crippen LogP contribution in [0.1, 0.15) is 55.8 Å². The topological polar surface area (TPSA) is 35.5 Å². The van der Waals surface area contributed by atoms with E-state index in [1.807, 2.05) is 12.1 Å². The van der Waals surface area contributed by atoms with Gasteiger partial charge in [0.2, 0.25) is 0 Å². The third kappa shape index (κ3) is 0.364. The summed E-state index contributed by atoms with van der Waals surface area (Å²) in [7, 11) is 1.38. The van der Waals surface area contributed by atoms with Crippen LogP contribution in [0, 0.1) is 0 Å². The first-order valence-corrected chi connectivity index (χ1v) is 18.8. The molecule has 30 heavy (non-hydrogen) atoms. The zero-order chi connectivity index (χ0) is 20.0. The first-order chi connectivity index (χ1) is 14.4. The number of hydrogen-bond donors (Lipinski definition) is 0. The molecule has 4 heteroatoms. The van der Waals surface area contributed by atoms with Gasteiger partial charge in [0.05, 0.1) is 19.3 Å². The molecule has 0 aliphatic carbocycles. The number of rotatable bonds is 9. The monoisotopic (exact) mass is 450 g/mol. The summed E-state index contributed by atoms with van der Waals surface area (Å²) in [6.07, 6.45) is 7.45. The summed E-state index contributed by atoms with van der Waals surface area (Å²) in [5, 5.41) is 0. The predicted molar refractivity (Wildman–Crippen MR) is 114 cm³/mol. The van der Waals surface area contributed by atoms with E-state index in [4.69, 9.17) is 4.74 Å². The maximum absolute atomic E-state index is 11.4. The standard InChI is InChI=1S/C16H24O3.2C5H5.Fe/c1-3-4-5-6-7-8-12-19-15-11-9-10-14(13-15)16(17)18-2;2*1-2-4-5-3-1;/h9-11,13H,3-8,12H2,1-2H3;2*1-5H;. The van der Waals surface area contributed by atoms with Gasteiger partial charge < -0.3 is 9.47 Å². The summed E-state index contributed by atoms with van der Waals surface area (Å²) in [5.41, 5.74) is 0.531. The summed E-state index contributed by atoms with van der Waals surface area (Å²) in [4.78, 5) is 27.3. The Kier molecular flexibility index (Phi) is 1.16. The van der Waals surface area contributed by atoms with Gasteiger partial charge in [0.25, 0.3) is 0 Å². The van der Waals surface area contributed by atoms with E-state index in [1.165, 1.54) is 39.2 Å². The molecule has 11 rings (SSSR count). The van der Waals surface area contributed by atoms with E-state index in [0.29, 0.717) is 12.2 Å². The first kappa shape index (κ1) is 15.8. The summed E-state index contributed by atoms with van der Waals surface area (Å²) in [6, 6.07) is 7.12. The van der Waals surface area contributed by atoms with E-state index in [9.17, 15) is 4.79 Å². The van der Waals surface area contributed by atoms with Crippen molar-refractivity contribution in [1.82, 2.24) is 0 Å². The van der Waals surface area contributed by atoms with Gasteiger partial charge in [-0.05, 0) is 24.6 Å². The summed E-state index contributed by atoms with van der Waals surface area (Å²) >= 11 is 0. The molecule has 3 nitrogen and oxygen atoms in total. The Balaban J connectivity index is 0.0000000986. The van der Waals surface area contributed by atoms with Crippen LogP contribution < -0.4 is 4.74 Å². The molecule has 164 valence electrons. The molecule has 1 spiro atoms. The van der Waals surface area contributed by atoms with Crippen LogP contribution in [0.25, 0.3) is 0 Å². The van der Waals surface area contributed by atoms with Gasteiger partial charge >= 0.3 is 60.6 Å². The van der Waals surface area contributed by atoms with E-state index in [2.05, 4.69) is 11.7 Å². The summed E-state index contributed by atoms with van der Waals surface area (Å²) in [5.74, 6) is 0.404. The number of hydrogen-bond acceptors (Lipinski definition) is 3. The van der Waals surface area contributed by atoms with Gasteiger partial charge in [0, 0.05) is 0 Å². The van der Waals surface area contributed by atoms with Crippen molar-refractivity contribution < 1.29 is 20.8 Å². The molecule has 0 bridgehead atoms. The van der Waals surface area contributed by atoms with Gasteiger partial charge in [-0.3, -0.25) is 0 Å². The minimum atomic E-state index is -2.28. The number of benzene rings is 1. The van der Waals surface area contributed by atoms with Gasteiger partial charge in [-0.2, -0.15) is 0 Å². The minimum absolute atomic E-state index is 0.329. The van der Waals surface area contributed by atoms with Crippen LogP contribution in [0.3, 0.4) is 0 Å². The molecular formula is C26H34FeO3. The van der Waals surface area contributed by atoms with Crippen LogP contribution in [0.4, 0.5) is 0 Å². The SMILES string of the molecule is CCCCCCCCOc1cccc(C(=O)OC)c1.[CH]12[CH]3[CH]4[CH]5[CH]1[Fe]23451678[CH]2[CH]1[CH]6[CH]7[CH]28. The fourth-order valence-electron chi connectivity index (χ4n) is 17.7. The first-order valence-electron chi connectivity index (χ1n) is 12.5. The Morgan fingerprint density at radius 1 is 0.833 bits per heavy atom. The average molecular weight is 450 g/mol. The van der Waals surface area contributed by atoms with Crippen LogP contribution >= 0.6 is 0 Å². The zero-order valence-corrected chi connectivity index (χ0v) is 19.2. The molecule has 10 fully saturated rings. The van der Waals surface area contributed by atoms with Crippen molar-refractivity contribution in [2.24, 2.45) is 0 Å². The fourth-order valence-corrected chi connectivity index (χ4v) is 89.9. The number of carbonyl (C=O) groups is 1. The van der Waals surface area contributed by atoms with Gasteiger partial charge in [-0.25, -0.2) is 4.79 Å². The second kappa shape index (κ2) is 2.22. The van der Waals surface area contributed by atoms with E-state index < -0.39 is 6.51 Å². The Labute approximate surface area is 169 Å². The van der Waals surface area contributed by atoms with E-state index in [1.54, 1.807) is 60.3 Å². The molecule has 10 aliphatic rings. The Morgan fingerprint density at radius 3 is 1.83 bits per heavy atom. The quantitative estimate of drug-likeness (QED) is 0.221. The van der Waals surface area contributed by atoms with Gasteiger partial charge in [-0.15, -0.1) is 0 Å². The second-order valence-corrected chi connectivity index (χ2v) is 38.1. The number of carbonyl (C=O) groups excluding carboxylic acids is 1. The van der Waals surface area contributed by atoms with Crippen molar-refractivity contribution >= 4 is 5.97 Å². The summed E-state index contributed by atoms with van der Waals surface area (Å²) < 4.78 is 10.3. The molecule has 1 aromatic carbocycles. The van der Waals surface area contributed by atoms with Gasteiger partial charge in [0.15, 0.2) is 0 Å². The van der Waals surface area contributed by atoms with E-state index in [0.717, 1.165) is 12.2 Å². The number of fused-ring (bicyclic) bond motifs is 10. The molecule has 0 unspecified atom stereocenters. The van der Waals surface area contributed by atoms with Gasteiger partial charge in [0.1, 0.15) is 5.75 Å². The van der Waals surface area contributed by atoms with Gasteiger partial charge in [-0.1, -0.05) is 45.1 Å². The molecule has 10 aliphatic heterocycles. The predicted octanol–water partition coefficient (Wildman–Crippen LogP) is 7.59. The zero-order valence-electron chi connectivity index (χ0n) is 18.1. The Morgan fingerprint density at radius 2 is 1.37 bits per heavy atom. The number of unbranched alkanes of at least 4 members (excludes halogenated alkanes) is 5. The van der Waals surface area contributed by atoms with Crippen LogP contribution in [-0.2, 0) is 11.2 Å². The molecule has 10 saturated heterocycles. The van der Waals surface area contributed by atoms with Crippen LogP contribution in [0.15, 0.2) is 24.3 Å². The van der Waals surface area contributed by atoms with Crippen molar-refractivity contribution in [2.75, 3.05) is 13.7 Å². The van der Waals surface area contributed by atoms with Crippen molar-refractivity contribution in [2.45, 2.75) is 93.6 Å². The molecule has 0 atom stereocenters. The number of methoxy groups -OCH3 is 1. The van der Waals surface area contributed by atoms with E-state index in [-0.39, 0.29) is 5.97 Å². The molecular weight excluding hydrogens is 416 g/mol. The molecule has 0 saturated carbocycles. The normalized spacial score (nSPS) is 69.1. The fraction of sp³-hybridized carbons (Fsp3) is 0.731. The Hall–Kier alpha value is -0.991. The Bertz CT molecular complexity index is 1150. The molecule has 0 N–H and O–H groups in total. The maximum atomic E-state index is 11.4. The van der Waals surface area contributed by atoms with Crippen LogP contribution in [-0.4, -0.2) is 19.7 Å². The molecule has 0 amide bonds. The number of ether oxygens (including phenoxy) is 2. The van der Waals surface area contributed by atoms with E-state index >= 15 is 0 Å². The number of esters is 1. The van der Waals surface area contributed by atoms with Crippen LogP contribution in [0.2, 0.25) is 48.2 Å². The third-order valence-corrected chi connectivity index (χ3v) is 59.5. The third-order valence-electron chi connectivity index (χ3n) is 17.6. The van der Waals surface area contributed by atoms with Crippen molar-refractivity contribution in [1.29, 1.82) is 0 Å². The van der Waals surface area contributed by atoms with Crippen molar-refractivity contribution in [3.8, 4) is 5.75 Å². The summed E-state index contributed by atoms with van der Waals surface area (Å²) in [6.45, 7) is 0.641. The molecule has 10 heterocycles. The van der Waals surface area contributed by atoms with Crippen molar-refractivity contribution in [3.05, 3.63) is 29.8 Å². The molecule has 0 radical (unpaired) electrons. The van der Waals surface area contributed by atoms with Crippen molar-refractivity contribution in [3.63, 3.8) is 0 Å². The molecule has 1 aromatic rings. The van der Waals surface area contributed by atoms with Crippen LogP contribution in [0.5, 0.6) is 5.75 Å². The second-order valence-electron chi connectivity index (χ2n) is 14.2.